The van der Waals surface area contributed by atoms with E-state index in [0.717, 1.165) is 17.3 Å². The van der Waals surface area contributed by atoms with Gasteiger partial charge in [0.1, 0.15) is 18.0 Å². The molecular weight excluding hydrogens is 202 g/mol. The van der Waals surface area contributed by atoms with Crippen molar-refractivity contribution in [3.05, 3.63) is 11.9 Å². The van der Waals surface area contributed by atoms with E-state index in [9.17, 15) is 0 Å². The van der Waals surface area contributed by atoms with Gasteiger partial charge >= 0.3 is 0 Å². The van der Waals surface area contributed by atoms with Gasteiger partial charge in [0, 0.05) is 11.6 Å². The summed E-state index contributed by atoms with van der Waals surface area (Å²) in [5.74, 6) is 7.84. The summed E-state index contributed by atoms with van der Waals surface area (Å²) in [4.78, 5) is 8.29. The van der Waals surface area contributed by atoms with Crippen molar-refractivity contribution in [2.24, 2.45) is 11.8 Å². The fourth-order valence-electron chi connectivity index (χ4n) is 1.89. The minimum Gasteiger partial charge on any atom is -0.367 e. The largest absolute Gasteiger partial charge is 0.367 e. The third kappa shape index (κ3) is 2.61. The van der Waals surface area contributed by atoms with Crippen LogP contribution < -0.4 is 16.6 Å². The molecule has 1 aliphatic rings. The van der Waals surface area contributed by atoms with Gasteiger partial charge in [-0.2, -0.15) is 0 Å². The number of aromatic nitrogens is 2. The summed E-state index contributed by atoms with van der Waals surface area (Å²) in [6, 6.07) is 0.451. The van der Waals surface area contributed by atoms with Gasteiger partial charge in [0.2, 0.25) is 0 Å². The molecule has 1 saturated carbocycles. The molecule has 16 heavy (non-hydrogen) atoms. The van der Waals surface area contributed by atoms with Crippen molar-refractivity contribution >= 4 is 11.6 Å². The molecule has 1 fully saturated rings. The predicted octanol–water partition coefficient (Wildman–Crippen LogP) is 1.67. The van der Waals surface area contributed by atoms with E-state index in [2.05, 4.69) is 27.6 Å². The Kier molecular flexibility index (Phi) is 3.24. The summed E-state index contributed by atoms with van der Waals surface area (Å²) in [5, 5.41) is 3.41. The highest BCUT2D eigenvalue weighted by atomic mass is 15.3. The van der Waals surface area contributed by atoms with Gasteiger partial charge in [0.15, 0.2) is 0 Å². The van der Waals surface area contributed by atoms with E-state index >= 15 is 0 Å². The Balaban J connectivity index is 2.01. The van der Waals surface area contributed by atoms with Gasteiger partial charge in [-0.3, -0.25) is 0 Å². The molecule has 0 aromatic carbocycles. The smallest absolute Gasteiger partial charge is 0.148 e. The molecule has 1 aromatic heterocycles. The molecule has 0 aliphatic heterocycles. The van der Waals surface area contributed by atoms with Crippen LogP contribution in [0.5, 0.6) is 0 Å². The molecule has 2 rings (SSSR count). The Morgan fingerprint density at radius 2 is 2.12 bits per heavy atom. The Labute approximate surface area is 95.8 Å². The first-order chi connectivity index (χ1) is 7.70. The summed E-state index contributed by atoms with van der Waals surface area (Å²) in [5.41, 5.74) is 3.54. The minimum atomic E-state index is 0.451. The lowest BCUT2D eigenvalue weighted by Gasteiger charge is -2.16. The zero-order chi connectivity index (χ0) is 11.5. The van der Waals surface area contributed by atoms with Crippen molar-refractivity contribution in [3.63, 3.8) is 0 Å². The Morgan fingerprint density at radius 1 is 1.44 bits per heavy atom. The van der Waals surface area contributed by atoms with Gasteiger partial charge in [0.25, 0.3) is 0 Å². The van der Waals surface area contributed by atoms with Crippen molar-refractivity contribution in [2.75, 3.05) is 10.7 Å². The highest BCUT2D eigenvalue weighted by Crippen LogP contribution is 2.34. The fourth-order valence-corrected chi connectivity index (χ4v) is 1.89. The van der Waals surface area contributed by atoms with Crippen LogP contribution in [0.4, 0.5) is 11.6 Å². The molecule has 0 spiro atoms. The van der Waals surface area contributed by atoms with Gasteiger partial charge in [-0.15, -0.1) is 0 Å². The van der Waals surface area contributed by atoms with Crippen LogP contribution in [0.2, 0.25) is 0 Å². The molecule has 0 radical (unpaired) electrons. The van der Waals surface area contributed by atoms with E-state index in [0.29, 0.717) is 11.9 Å². The number of rotatable bonds is 5. The molecule has 1 atom stereocenters. The van der Waals surface area contributed by atoms with E-state index in [1.165, 1.54) is 25.6 Å². The molecule has 5 heteroatoms. The maximum Gasteiger partial charge on any atom is 0.148 e. The second kappa shape index (κ2) is 4.65. The summed E-state index contributed by atoms with van der Waals surface area (Å²) in [6.45, 7) is 4.15. The standard InChI is InChI=1S/C11H19N5/c1-7(5-9-3-4-9)15-10-8(2)11(16-12)14-6-13-10/h6-7,9H,3-5,12H2,1-2H3,(H2,13,14,15,16). The molecule has 0 bridgehead atoms. The normalized spacial score (nSPS) is 16.9. The lowest BCUT2D eigenvalue weighted by Crippen LogP contribution is -2.19. The second-order valence-corrected chi connectivity index (χ2v) is 4.56. The second-order valence-electron chi connectivity index (χ2n) is 4.56. The van der Waals surface area contributed by atoms with Crippen molar-refractivity contribution in [2.45, 2.75) is 39.2 Å². The van der Waals surface area contributed by atoms with Crippen LogP contribution in [0.15, 0.2) is 6.33 Å². The van der Waals surface area contributed by atoms with Gasteiger partial charge in [-0.1, -0.05) is 12.8 Å². The van der Waals surface area contributed by atoms with E-state index in [-0.39, 0.29) is 0 Å². The van der Waals surface area contributed by atoms with Crippen molar-refractivity contribution in [1.82, 2.24) is 9.97 Å². The van der Waals surface area contributed by atoms with Gasteiger partial charge in [-0.05, 0) is 26.2 Å². The Hall–Kier alpha value is -1.36. The van der Waals surface area contributed by atoms with Crippen molar-refractivity contribution in [1.29, 1.82) is 0 Å². The topological polar surface area (TPSA) is 75.9 Å². The van der Waals surface area contributed by atoms with E-state index < -0.39 is 0 Å². The van der Waals surface area contributed by atoms with Crippen LogP contribution in [-0.2, 0) is 0 Å². The maximum atomic E-state index is 5.37. The van der Waals surface area contributed by atoms with Crippen LogP contribution in [0.25, 0.3) is 0 Å². The number of nitrogens with zero attached hydrogens (tertiary/aromatic N) is 2. The lowest BCUT2D eigenvalue weighted by atomic mass is 10.1. The van der Waals surface area contributed by atoms with Crippen molar-refractivity contribution < 1.29 is 0 Å². The van der Waals surface area contributed by atoms with E-state index in [4.69, 9.17) is 5.84 Å². The predicted molar refractivity (Wildman–Crippen MR) is 65.0 cm³/mol. The zero-order valence-corrected chi connectivity index (χ0v) is 9.83. The molecule has 0 amide bonds. The number of hydrazine groups is 1. The van der Waals surface area contributed by atoms with Crippen LogP contribution >= 0.6 is 0 Å². The minimum absolute atomic E-state index is 0.451. The summed E-state index contributed by atoms with van der Waals surface area (Å²) >= 11 is 0. The quantitative estimate of drug-likeness (QED) is 0.521. The Bertz CT molecular complexity index is 361. The third-order valence-corrected chi connectivity index (χ3v) is 2.99. The maximum absolute atomic E-state index is 5.37. The van der Waals surface area contributed by atoms with Crippen LogP contribution in [0, 0.1) is 12.8 Å². The number of anilines is 2. The lowest BCUT2D eigenvalue weighted by molar-refractivity contribution is 0.639. The van der Waals surface area contributed by atoms with Crippen LogP contribution in [0.1, 0.15) is 31.7 Å². The molecular formula is C11H19N5. The summed E-state index contributed by atoms with van der Waals surface area (Å²) in [6.07, 6.45) is 5.50. The highest BCUT2D eigenvalue weighted by Gasteiger charge is 2.23. The van der Waals surface area contributed by atoms with Gasteiger partial charge in [-0.25, -0.2) is 15.8 Å². The molecule has 1 unspecified atom stereocenters. The number of nitrogen functional groups attached to an aromatic ring is 1. The average molecular weight is 221 g/mol. The molecule has 5 nitrogen and oxygen atoms in total. The monoisotopic (exact) mass is 221 g/mol. The molecule has 1 aliphatic carbocycles. The van der Waals surface area contributed by atoms with E-state index in [1.54, 1.807) is 0 Å². The summed E-state index contributed by atoms with van der Waals surface area (Å²) in [7, 11) is 0. The van der Waals surface area contributed by atoms with Crippen LogP contribution in [0.3, 0.4) is 0 Å². The molecule has 4 N–H and O–H groups in total. The van der Waals surface area contributed by atoms with E-state index in [1.807, 2.05) is 6.92 Å². The SMILES string of the molecule is Cc1c(NN)ncnc1NC(C)CC1CC1. The van der Waals surface area contributed by atoms with Gasteiger partial charge < -0.3 is 10.7 Å². The number of nitrogens with two attached hydrogens (primary N) is 1. The van der Waals surface area contributed by atoms with Crippen LogP contribution in [-0.4, -0.2) is 16.0 Å². The first-order valence-electron chi connectivity index (χ1n) is 5.75. The number of nitrogens with one attached hydrogen (secondary N) is 2. The first-order valence-corrected chi connectivity index (χ1v) is 5.75. The zero-order valence-electron chi connectivity index (χ0n) is 9.83. The molecule has 88 valence electrons. The van der Waals surface area contributed by atoms with Gasteiger partial charge in [0.05, 0.1) is 0 Å². The Morgan fingerprint density at radius 3 is 2.75 bits per heavy atom. The summed E-state index contributed by atoms with van der Waals surface area (Å²) < 4.78 is 0. The highest BCUT2D eigenvalue weighted by molar-refractivity contribution is 5.56. The fraction of sp³-hybridized carbons (Fsp3) is 0.636. The number of hydrogen-bond donors (Lipinski definition) is 3. The third-order valence-electron chi connectivity index (χ3n) is 2.99. The molecule has 1 aromatic rings. The molecule has 1 heterocycles. The van der Waals surface area contributed by atoms with Crippen molar-refractivity contribution in [3.8, 4) is 0 Å². The average Bonchev–Trinajstić information content (AvgIpc) is 3.05. The first kappa shape index (κ1) is 11.1. The number of hydrogen-bond acceptors (Lipinski definition) is 5. The molecule has 0 saturated heterocycles.